The standard InChI is InChI=1S/C21H25F2N5O2/c1-12-9-28(10-13(2)30-12)20-16-11-27(7-6-18(16)24-14(3)25-20)21(29)26-19-5-4-15(22)8-17(19)23/h4-5,8,12-13H,6-7,9-11H2,1-3H3,(H,26,29)/t12-,13-/m1/s1. The first-order chi connectivity index (χ1) is 14.3. The second-order valence-corrected chi connectivity index (χ2v) is 7.91. The van der Waals surface area contributed by atoms with Gasteiger partial charge in [-0.3, -0.25) is 0 Å². The third kappa shape index (κ3) is 4.21. The molecule has 1 N–H and O–H groups in total. The van der Waals surface area contributed by atoms with Crippen molar-refractivity contribution in [3.63, 3.8) is 0 Å². The van der Waals surface area contributed by atoms with Gasteiger partial charge in [0.25, 0.3) is 0 Å². The molecule has 160 valence electrons. The summed E-state index contributed by atoms with van der Waals surface area (Å²) in [6, 6.07) is 2.63. The molecule has 4 rings (SSSR count). The van der Waals surface area contributed by atoms with Gasteiger partial charge in [0.15, 0.2) is 0 Å². The van der Waals surface area contributed by atoms with Crippen molar-refractivity contribution < 1.29 is 18.3 Å². The predicted octanol–water partition coefficient (Wildman–Crippen LogP) is 3.27. The predicted molar refractivity (Wildman–Crippen MR) is 108 cm³/mol. The maximum Gasteiger partial charge on any atom is 0.322 e. The van der Waals surface area contributed by atoms with Crippen LogP contribution in [-0.2, 0) is 17.7 Å². The minimum atomic E-state index is -0.809. The molecule has 30 heavy (non-hydrogen) atoms. The zero-order chi connectivity index (χ0) is 21.4. The largest absolute Gasteiger partial charge is 0.372 e. The number of anilines is 2. The number of hydrogen-bond donors (Lipinski definition) is 1. The lowest BCUT2D eigenvalue weighted by Crippen LogP contribution is -2.47. The van der Waals surface area contributed by atoms with E-state index in [1.54, 1.807) is 4.90 Å². The van der Waals surface area contributed by atoms with Gasteiger partial charge in [-0.15, -0.1) is 0 Å². The molecule has 2 amide bonds. The van der Waals surface area contributed by atoms with E-state index in [0.29, 0.717) is 38.4 Å². The van der Waals surface area contributed by atoms with Crippen molar-refractivity contribution in [1.29, 1.82) is 0 Å². The number of fused-ring (bicyclic) bond motifs is 1. The lowest BCUT2D eigenvalue weighted by Gasteiger charge is -2.38. The highest BCUT2D eigenvalue weighted by atomic mass is 19.1. The molecule has 9 heteroatoms. The molecule has 0 unspecified atom stereocenters. The van der Waals surface area contributed by atoms with Gasteiger partial charge in [0.05, 0.1) is 30.1 Å². The SMILES string of the molecule is Cc1nc2c(c(N3C[C@@H](C)O[C@H](C)C3)n1)CN(C(=O)Nc1ccc(F)cc1F)CC2. The summed E-state index contributed by atoms with van der Waals surface area (Å²) in [5.74, 6) is 0.0204. The van der Waals surface area contributed by atoms with Crippen LogP contribution in [0.2, 0.25) is 0 Å². The maximum atomic E-state index is 13.9. The van der Waals surface area contributed by atoms with E-state index in [9.17, 15) is 13.6 Å². The van der Waals surface area contributed by atoms with Crippen LogP contribution < -0.4 is 10.2 Å². The Kier molecular flexibility index (Phi) is 5.55. The molecule has 2 aromatic rings. The van der Waals surface area contributed by atoms with Crippen molar-refractivity contribution in [2.45, 2.75) is 45.9 Å². The van der Waals surface area contributed by atoms with E-state index in [4.69, 9.17) is 4.74 Å². The van der Waals surface area contributed by atoms with Crippen molar-refractivity contribution in [3.8, 4) is 0 Å². The van der Waals surface area contributed by atoms with E-state index in [1.807, 2.05) is 20.8 Å². The van der Waals surface area contributed by atoms with Crippen LogP contribution >= 0.6 is 0 Å². The van der Waals surface area contributed by atoms with Crippen LogP contribution in [0.3, 0.4) is 0 Å². The van der Waals surface area contributed by atoms with E-state index in [2.05, 4.69) is 20.2 Å². The maximum absolute atomic E-state index is 13.9. The molecule has 0 aliphatic carbocycles. The zero-order valence-electron chi connectivity index (χ0n) is 17.3. The average molecular weight is 417 g/mol. The molecule has 3 heterocycles. The molecule has 2 aliphatic heterocycles. The number of carbonyl (C=O) groups excluding carboxylic acids is 1. The fourth-order valence-corrected chi connectivity index (χ4v) is 4.09. The number of urea groups is 1. The molecule has 0 spiro atoms. The number of morpholine rings is 1. The van der Waals surface area contributed by atoms with Crippen LogP contribution in [0.5, 0.6) is 0 Å². The molecule has 7 nitrogen and oxygen atoms in total. The topological polar surface area (TPSA) is 70.6 Å². The van der Waals surface area contributed by atoms with Gasteiger partial charge >= 0.3 is 6.03 Å². The summed E-state index contributed by atoms with van der Waals surface area (Å²) < 4.78 is 32.9. The third-order valence-corrected chi connectivity index (χ3v) is 5.33. The molecule has 1 saturated heterocycles. The minimum absolute atomic E-state index is 0.0524. The highest BCUT2D eigenvalue weighted by Crippen LogP contribution is 2.29. The Bertz CT molecular complexity index is 961. The highest BCUT2D eigenvalue weighted by molar-refractivity contribution is 5.89. The third-order valence-electron chi connectivity index (χ3n) is 5.33. The molecule has 2 aliphatic rings. The van der Waals surface area contributed by atoms with Gasteiger partial charge in [0.1, 0.15) is 23.3 Å². The second-order valence-electron chi connectivity index (χ2n) is 7.91. The molecule has 0 saturated carbocycles. The lowest BCUT2D eigenvalue weighted by molar-refractivity contribution is -0.00558. The Labute approximate surface area is 174 Å². The van der Waals surface area contributed by atoms with Gasteiger partial charge in [-0.2, -0.15) is 0 Å². The fraction of sp³-hybridized carbons (Fsp3) is 0.476. The number of carbonyl (C=O) groups is 1. The summed E-state index contributed by atoms with van der Waals surface area (Å²) in [4.78, 5) is 25.8. The minimum Gasteiger partial charge on any atom is -0.372 e. The quantitative estimate of drug-likeness (QED) is 0.812. The van der Waals surface area contributed by atoms with Crippen LogP contribution in [0.25, 0.3) is 0 Å². The van der Waals surface area contributed by atoms with Crippen molar-refractivity contribution >= 4 is 17.5 Å². The number of nitrogens with zero attached hydrogens (tertiary/aromatic N) is 4. The fourth-order valence-electron chi connectivity index (χ4n) is 4.09. The van der Waals surface area contributed by atoms with Crippen molar-refractivity contribution in [2.24, 2.45) is 0 Å². The molecule has 1 aromatic heterocycles. The van der Waals surface area contributed by atoms with Crippen molar-refractivity contribution in [3.05, 3.63) is 46.9 Å². The Morgan fingerprint density at radius 2 is 1.93 bits per heavy atom. The summed E-state index contributed by atoms with van der Waals surface area (Å²) in [5.41, 5.74) is 1.78. The number of amides is 2. The number of nitrogens with one attached hydrogen (secondary N) is 1. The second kappa shape index (κ2) is 8.14. The van der Waals surface area contributed by atoms with Gasteiger partial charge in [-0.05, 0) is 32.9 Å². The monoisotopic (exact) mass is 417 g/mol. The van der Waals surface area contributed by atoms with E-state index < -0.39 is 17.7 Å². The molecule has 1 aromatic carbocycles. The zero-order valence-corrected chi connectivity index (χ0v) is 17.3. The van der Waals surface area contributed by atoms with E-state index in [-0.39, 0.29) is 17.9 Å². The Balaban J connectivity index is 1.57. The van der Waals surface area contributed by atoms with Gasteiger partial charge < -0.3 is 19.9 Å². The van der Waals surface area contributed by atoms with Crippen LogP contribution in [-0.4, -0.2) is 52.7 Å². The Hall–Kier alpha value is -2.81. The number of rotatable bonds is 2. The molecule has 0 bridgehead atoms. The van der Waals surface area contributed by atoms with Gasteiger partial charge in [-0.1, -0.05) is 0 Å². The number of halogens is 2. The first kappa shape index (κ1) is 20.5. The van der Waals surface area contributed by atoms with Crippen LogP contribution in [0.15, 0.2) is 18.2 Å². The summed E-state index contributed by atoms with van der Waals surface area (Å²) in [5, 5.41) is 2.53. The van der Waals surface area contributed by atoms with Gasteiger partial charge in [0, 0.05) is 37.7 Å². The number of aromatic nitrogens is 2. The van der Waals surface area contributed by atoms with E-state index in [1.165, 1.54) is 6.07 Å². The number of benzene rings is 1. The van der Waals surface area contributed by atoms with E-state index in [0.717, 1.165) is 29.2 Å². The Morgan fingerprint density at radius 1 is 1.20 bits per heavy atom. The van der Waals surface area contributed by atoms with Crippen molar-refractivity contribution in [2.75, 3.05) is 29.9 Å². The van der Waals surface area contributed by atoms with Crippen molar-refractivity contribution in [1.82, 2.24) is 14.9 Å². The summed E-state index contributed by atoms with van der Waals surface area (Å²) in [7, 11) is 0. The molecule has 0 radical (unpaired) electrons. The summed E-state index contributed by atoms with van der Waals surface area (Å²) in [6.07, 6.45) is 0.730. The highest BCUT2D eigenvalue weighted by Gasteiger charge is 2.30. The van der Waals surface area contributed by atoms with E-state index >= 15 is 0 Å². The Morgan fingerprint density at radius 3 is 2.63 bits per heavy atom. The van der Waals surface area contributed by atoms with Crippen LogP contribution in [0.4, 0.5) is 25.1 Å². The summed E-state index contributed by atoms with van der Waals surface area (Å²) in [6.45, 7) is 8.11. The molecule has 2 atom stereocenters. The average Bonchev–Trinajstić information content (AvgIpc) is 2.68. The first-order valence-corrected chi connectivity index (χ1v) is 10.1. The normalized spacial score (nSPS) is 21.4. The van der Waals surface area contributed by atoms with Crippen LogP contribution in [0.1, 0.15) is 30.9 Å². The number of hydrogen-bond acceptors (Lipinski definition) is 5. The smallest absolute Gasteiger partial charge is 0.322 e. The molecular weight excluding hydrogens is 392 g/mol. The number of aryl methyl sites for hydroxylation is 1. The number of ether oxygens (including phenoxy) is 1. The lowest BCUT2D eigenvalue weighted by atomic mass is 10.0. The molecule has 1 fully saturated rings. The van der Waals surface area contributed by atoms with Gasteiger partial charge in [0.2, 0.25) is 0 Å². The van der Waals surface area contributed by atoms with Crippen LogP contribution in [0, 0.1) is 18.6 Å². The molecular formula is C21H25F2N5O2. The van der Waals surface area contributed by atoms with Gasteiger partial charge in [-0.25, -0.2) is 23.5 Å². The summed E-state index contributed by atoms with van der Waals surface area (Å²) >= 11 is 0. The first-order valence-electron chi connectivity index (χ1n) is 10.1.